The molecule has 0 saturated carbocycles. The zero-order valence-corrected chi connectivity index (χ0v) is 10.8. The number of nitrogens with zero attached hydrogens (tertiary/aromatic N) is 1. The molecule has 1 rings (SSSR count). The van der Waals surface area contributed by atoms with Crippen molar-refractivity contribution in [3.05, 3.63) is 28.8 Å². The maximum atomic E-state index is 9.69. The summed E-state index contributed by atoms with van der Waals surface area (Å²) in [6, 6.07) is 5.43. The van der Waals surface area contributed by atoms with E-state index in [1.54, 1.807) is 26.0 Å². The number of anilines is 1. The molecule has 0 aromatic heterocycles. The first kappa shape index (κ1) is 13.3. The van der Waals surface area contributed by atoms with E-state index < -0.39 is 5.60 Å². The van der Waals surface area contributed by atoms with Crippen molar-refractivity contribution < 1.29 is 5.11 Å². The molecule has 16 heavy (non-hydrogen) atoms. The van der Waals surface area contributed by atoms with Gasteiger partial charge in [-0.2, -0.15) is 0 Å². The zero-order valence-electron chi connectivity index (χ0n) is 10.00. The van der Waals surface area contributed by atoms with Crippen LogP contribution in [0, 0.1) is 0 Å². The summed E-state index contributed by atoms with van der Waals surface area (Å²) < 4.78 is 0. The molecule has 1 aromatic rings. The van der Waals surface area contributed by atoms with Crippen LogP contribution in [0.5, 0.6) is 0 Å². The van der Waals surface area contributed by atoms with Gasteiger partial charge in [-0.3, -0.25) is 4.90 Å². The second-order valence-corrected chi connectivity index (χ2v) is 5.26. The third-order valence-corrected chi connectivity index (χ3v) is 2.44. The van der Waals surface area contributed by atoms with Crippen LogP contribution in [0.15, 0.2) is 18.2 Å². The molecule has 0 heterocycles. The molecule has 0 unspecified atom stereocenters. The van der Waals surface area contributed by atoms with E-state index in [1.807, 2.05) is 18.0 Å². The fourth-order valence-corrected chi connectivity index (χ4v) is 1.91. The van der Waals surface area contributed by atoms with E-state index in [2.05, 4.69) is 0 Å². The monoisotopic (exact) mass is 242 g/mol. The second kappa shape index (κ2) is 5.04. The number of halogens is 1. The van der Waals surface area contributed by atoms with Crippen molar-refractivity contribution in [1.82, 2.24) is 4.90 Å². The summed E-state index contributed by atoms with van der Waals surface area (Å²) in [6.45, 7) is 4.82. The third-order valence-electron chi connectivity index (χ3n) is 2.20. The second-order valence-electron chi connectivity index (χ2n) is 4.83. The lowest BCUT2D eigenvalue weighted by molar-refractivity contribution is 0.0425. The highest BCUT2D eigenvalue weighted by atomic mass is 35.5. The number of benzene rings is 1. The van der Waals surface area contributed by atoms with Crippen molar-refractivity contribution in [2.75, 3.05) is 19.3 Å². The van der Waals surface area contributed by atoms with E-state index in [4.69, 9.17) is 17.3 Å². The quantitative estimate of drug-likeness (QED) is 0.796. The van der Waals surface area contributed by atoms with Crippen LogP contribution in [0.25, 0.3) is 0 Å². The molecule has 0 fully saturated rings. The first-order chi connectivity index (χ1) is 7.28. The van der Waals surface area contributed by atoms with Crippen LogP contribution in [0.1, 0.15) is 19.4 Å². The molecular formula is C12H19ClN2O. The van der Waals surface area contributed by atoms with Gasteiger partial charge in [0.25, 0.3) is 0 Å². The van der Waals surface area contributed by atoms with E-state index in [-0.39, 0.29) is 0 Å². The number of aliphatic hydroxyl groups is 1. The van der Waals surface area contributed by atoms with E-state index in [0.717, 1.165) is 11.3 Å². The van der Waals surface area contributed by atoms with Gasteiger partial charge in [0.1, 0.15) is 0 Å². The van der Waals surface area contributed by atoms with Gasteiger partial charge in [-0.1, -0.05) is 11.6 Å². The Labute approximate surface area is 102 Å². The minimum Gasteiger partial charge on any atom is -0.398 e. The highest BCUT2D eigenvalue weighted by Crippen LogP contribution is 2.19. The lowest BCUT2D eigenvalue weighted by atomic mass is 10.1. The van der Waals surface area contributed by atoms with Crippen molar-refractivity contribution >= 4 is 17.3 Å². The Hall–Kier alpha value is -0.770. The maximum absolute atomic E-state index is 9.69. The summed E-state index contributed by atoms with van der Waals surface area (Å²) >= 11 is 5.91. The Morgan fingerprint density at radius 1 is 1.44 bits per heavy atom. The van der Waals surface area contributed by atoms with Crippen LogP contribution in [-0.2, 0) is 6.54 Å². The van der Waals surface area contributed by atoms with Crippen molar-refractivity contribution in [2.24, 2.45) is 0 Å². The summed E-state index contributed by atoms with van der Waals surface area (Å²) in [4.78, 5) is 2.02. The number of nitrogens with two attached hydrogens (primary N) is 1. The minimum atomic E-state index is -0.706. The maximum Gasteiger partial charge on any atom is 0.0718 e. The number of hydrogen-bond acceptors (Lipinski definition) is 3. The topological polar surface area (TPSA) is 49.5 Å². The average Bonchev–Trinajstić information content (AvgIpc) is 2.08. The number of hydrogen-bond donors (Lipinski definition) is 2. The Balaban J connectivity index is 2.69. The summed E-state index contributed by atoms with van der Waals surface area (Å²) in [5.41, 5.74) is 6.86. The Bertz CT molecular complexity index is 361. The molecule has 3 nitrogen and oxygen atoms in total. The predicted octanol–water partition coefficient (Wildman–Crippen LogP) is 2.12. The molecule has 0 atom stereocenters. The van der Waals surface area contributed by atoms with Gasteiger partial charge in [0, 0.05) is 23.8 Å². The fraction of sp³-hybridized carbons (Fsp3) is 0.500. The van der Waals surface area contributed by atoms with E-state index in [9.17, 15) is 5.11 Å². The van der Waals surface area contributed by atoms with Gasteiger partial charge in [-0.25, -0.2) is 0 Å². The highest BCUT2D eigenvalue weighted by molar-refractivity contribution is 6.30. The predicted molar refractivity (Wildman–Crippen MR) is 68.5 cm³/mol. The molecule has 0 spiro atoms. The van der Waals surface area contributed by atoms with E-state index >= 15 is 0 Å². The van der Waals surface area contributed by atoms with Gasteiger partial charge in [0.2, 0.25) is 0 Å². The van der Waals surface area contributed by atoms with Gasteiger partial charge in [-0.15, -0.1) is 0 Å². The van der Waals surface area contributed by atoms with Gasteiger partial charge in [0.05, 0.1) is 5.60 Å². The van der Waals surface area contributed by atoms with Gasteiger partial charge in [-0.05, 0) is 44.7 Å². The van der Waals surface area contributed by atoms with Gasteiger partial charge >= 0.3 is 0 Å². The summed E-state index contributed by atoms with van der Waals surface area (Å²) in [6.07, 6.45) is 0. The lowest BCUT2D eigenvalue weighted by Crippen LogP contribution is -2.35. The lowest BCUT2D eigenvalue weighted by Gasteiger charge is -2.25. The van der Waals surface area contributed by atoms with Crippen molar-refractivity contribution in [3.8, 4) is 0 Å². The third kappa shape index (κ3) is 4.39. The standard InChI is InChI=1S/C12H19ClN2O/c1-12(2,16)8-15(3)7-9-6-10(13)4-5-11(9)14/h4-6,16H,7-8,14H2,1-3H3. The summed E-state index contributed by atoms with van der Waals surface area (Å²) in [5, 5.41) is 10.4. The first-order valence-electron chi connectivity index (χ1n) is 5.23. The number of rotatable bonds is 4. The molecule has 0 saturated heterocycles. The van der Waals surface area contributed by atoms with Crippen molar-refractivity contribution in [1.29, 1.82) is 0 Å². The average molecular weight is 243 g/mol. The van der Waals surface area contributed by atoms with Gasteiger partial charge < -0.3 is 10.8 Å². The molecule has 0 aliphatic rings. The molecule has 3 N–H and O–H groups in total. The van der Waals surface area contributed by atoms with E-state index in [1.165, 1.54) is 0 Å². The Morgan fingerprint density at radius 3 is 2.62 bits per heavy atom. The fourth-order valence-electron chi connectivity index (χ4n) is 1.72. The van der Waals surface area contributed by atoms with Crippen LogP contribution in [-0.4, -0.2) is 29.2 Å². The minimum absolute atomic E-state index is 0.582. The Morgan fingerprint density at radius 2 is 2.06 bits per heavy atom. The molecule has 0 bridgehead atoms. The molecule has 90 valence electrons. The van der Waals surface area contributed by atoms with E-state index in [0.29, 0.717) is 18.1 Å². The van der Waals surface area contributed by atoms with Crippen molar-refractivity contribution in [2.45, 2.75) is 26.0 Å². The molecule has 4 heteroatoms. The van der Waals surface area contributed by atoms with Crippen LogP contribution in [0.4, 0.5) is 5.69 Å². The van der Waals surface area contributed by atoms with Crippen LogP contribution in [0.3, 0.4) is 0 Å². The van der Waals surface area contributed by atoms with Crippen LogP contribution >= 0.6 is 11.6 Å². The smallest absolute Gasteiger partial charge is 0.0718 e. The molecule has 0 amide bonds. The van der Waals surface area contributed by atoms with Gasteiger partial charge in [0.15, 0.2) is 0 Å². The van der Waals surface area contributed by atoms with Crippen LogP contribution < -0.4 is 5.73 Å². The molecular weight excluding hydrogens is 224 g/mol. The van der Waals surface area contributed by atoms with Crippen molar-refractivity contribution in [3.63, 3.8) is 0 Å². The van der Waals surface area contributed by atoms with Crippen LogP contribution in [0.2, 0.25) is 5.02 Å². The molecule has 0 radical (unpaired) electrons. The zero-order chi connectivity index (χ0) is 12.3. The largest absolute Gasteiger partial charge is 0.398 e. The molecule has 0 aliphatic heterocycles. The highest BCUT2D eigenvalue weighted by Gasteiger charge is 2.16. The molecule has 1 aromatic carbocycles. The first-order valence-corrected chi connectivity index (χ1v) is 5.60. The SMILES string of the molecule is CN(Cc1cc(Cl)ccc1N)CC(C)(C)O. The summed E-state index contributed by atoms with van der Waals surface area (Å²) in [7, 11) is 1.94. The number of likely N-dealkylation sites (N-methyl/N-ethyl adjacent to an activating group) is 1. The Kier molecular flexibility index (Phi) is 4.19. The normalized spacial score (nSPS) is 12.1. The number of nitrogen functional groups attached to an aromatic ring is 1. The molecule has 0 aliphatic carbocycles. The summed E-state index contributed by atoms with van der Waals surface area (Å²) in [5.74, 6) is 0.